The quantitative estimate of drug-likeness (QED) is 0.872. The summed E-state index contributed by atoms with van der Waals surface area (Å²) in [6.45, 7) is 6.69. The predicted octanol–water partition coefficient (Wildman–Crippen LogP) is 2.54. The van der Waals surface area contributed by atoms with Crippen molar-refractivity contribution in [1.29, 1.82) is 0 Å². The van der Waals surface area contributed by atoms with Gasteiger partial charge in [-0.3, -0.25) is 4.90 Å². The van der Waals surface area contributed by atoms with Gasteiger partial charge in [0.25, 0.3) is 0 Å². The number of thiophene rings is 1. The molecule has 0 spiro atoms. The molecule has 2 heterocycles. The second kappa shape index (κ2) is 6.84. The number of hydrogen-bond acceptors (Lipinski definition) is 4. The Hall–Kier alpha value is -0.420. The second-order valence-corrected chi connectivity index (χ2v) is 6.97. The molecule has 1 aromatic heterocycles. The smallest absolute Gasteiger partial charge is 0.0593 e. The number of nitrogens with two attached hydrogens (primary N) is 1. The Kier molecular flexibility index (Phi) is 5.39. The third-order valence-corrected chi connectivity index (χ3v) is 5.20. The van der Waals surface area contributed by atoms with Crippen LogP contribution in [0.2, 0.25) is 0 Å². The maximum Gasteiger partial charge on any atom is 0.0593 e. The second-order valence-electron chi connectivity index (χ2n) is 5.65. The molecule has 2 rings (SSSR count). The van der Waals surface area contributed by atoms with Crippen LogP contribution in [0.1, 0.15) is 42.0 Å². The molecule has 0 saturated carbocycles. The summed E-state index contributed by atoms with van der Waals surface area (Å²) in [7, 11) is 0. The average molecular weight is 282 g/mol. The molecular weight excluding hydrogens is 256 g/mol. The number of piperidine rings is 1. The van der Waals surface area contributed by atoms with Crippen molar-refractivity contribution in [2.45, 2.75) is 45.2 Å². The van der Waals surface area contributed by atoms with E-state index in [2.05, 4.69) is 30.9 Å². The van der Waals surface area contributed by atoms with Crippen molar-refractivity contribution in [2.24, 2.45) is 11.7 Å². The molecule has 0 bridgehead atoms. The minimum absolute atomic E-state index is 0.176. The number of rotatable bonds is 5. The highest BCUT2D eigenvalue weighted by molar-refractivity contribution is 7.12. The summed E-state index contributed by atoms with van der Waals surface area (Å²) in [5, 5.41) is 9.41. The molecule has 0 amide bonds. The lowest BCUT2D eigenvalue weighted by Gasteiger charge is -2.39. The Balaban J connectivity index is 2.17. The number of hydrogen-bond donors (Lipinski definition) is 2. The van der Waals surface area contributed by atoms with Crippen LogP contribution in [0.25, 0.3) is 0 Å². The zero-order chi connectivity index (χ0) is 13.8. The topological polar surface area (TPSA) is 49.5 Å². The number of nitrogens with zero attached hydrogens (tertiary/aromatic N) is 1. The normalized spacial score (nSPS) is 24.3. The largest absolute Gasteiger partial charge is 0.396 e. The van der Waals surface area contributed by atoms with Gasteiger partial charge in [0.2, 0.25) is 0 Å². The van der Waals surface area contributed by atoms with E-state index in [0.717, 1.165) is 25.9 Å². The van der Waals surface area contributed by atoms with Crippen molar-refractivity contribution in [1.82, 2.24) is 4.90 Å². The van der Waals surface area contributed by atoms with Gasteiger partial charge in [-0.25, -0.2) is 0 Å². The van der Waals surface area contributed by atoms with Gasteiger partial charge in [0.15, 0.2) is 0 Å². The lowest BCUT2D eigenvalue weighted by molar-refractivity contribution is 0.0777. The fraction of sp³-hybridized carbons (Fsp3) is 0.733. The molecule has 1 aromatic rings. The summed E-state index contributed by atoms with van der Waals surface area (Å²) in [5.74, 6) is 0.418. The zero-order valence-corrected chi connectivity index (χ0v) is 12.8. The van der Waals surface area contributed by atoms with E-state index in [1.165, 1.54) is 16.2 Å². The highest BCUT2D eigenvalue weighted by Gasteiger charge is 2.30. The highest BCUT2D eigenvalue weighted by Crippen LogP contribution is 2.33. The Morgan fingerprint density at radius 2 is 2.32 bits per heavy atom. The van der Waals surface area contributed by atoms with Crippen LogP contribution in [-0.2, 0) is 0 Å². The summed E-state index contributed by atoms with van der Waals surface area (Å²) in [5.41, 5.74) is 6.38. The first-order chi connectivity index (χ1) is 9.15. The molecule has 1 aliphatic rings. The van der Waals surface area contributed by atoms with Gasteiger partial charge in [-0.15, -0.1) is 11.3 Å². The standard InChI is InChI=1S/C15H26N2OS/c1-3-13(16)15(14-7-6-11(2)19-14)17-8-4-5-12(9-17)10-18/h6-7,12-13,15,18H,3-5,8-10,16H2,1-2H3. The molecule has 3 atom stereocenters. The third-order valence-electron chi connectivity index (χ3n) is 4.13. The van der Waals surface area contributed by atoms with E-state index >= 15 is 0 Å². The molecule has 1 fully saturated rings. The van der Waals surface area contributed by atoms with E-state index < -0.39 is 0 Å². The van der Waals surface area contributed by atoms with E-state index in [1.807, 2.05) is 11.3 Å². The van der Waals surface area contributed by atoms with Crippen LogP contribution in [0, 0.1) is 12.8 Å². The van der Waals surface area contributed by atoms with Crippen LogP contribution < -0.4 is 5.73 Å². The molecule has 19 heavy (non-hydrogen) atoms. The van der Waals surface area contributed by atoms with Crippen LogP contribution in [0.3, 0.4) is 0 Å². The lowest BCUT2D eigenvalue weighted by atomic mass is 9.94. The molecule has 3 unspecified atom stereocenters. The van der Waals surface area contributed by atoms with E-state index in [1.54, 1.807) is 0 Å². The van der Waals surface area contributed by atoms with Gasteiger partial charge in [0.1, 0.15) is 0 Å². The maximum absolute atomic E-state index is 9.41. The minimum Gasteiger partial charge on any atom is -0.396 e. The summed E-state index contributed by atoms with van der Waals surface area (Å²) in [6.07, 6.45) is 3.30. The molecule has 0 radical (unpaired) electrons. The van der Waals surface area contributed by atoms with Crippen LogP contribution in [0.15, 0.2) is 12.1 Å². The molecule has 0 aliphatic carbocycles. The number of likely N-dealkylation sites (tertiary alicyclic amines) is 1. The predicted molar refractivity (Wildman–Crippen MR) is 81.4 cm³/mol. The van der Waals surface area contributed by atoms with Crippen molar-refractivity contribution in [3.8, 4) is 0 Å². The van der Waals surface area contributed by atoms with Crippen LogP contribution in [0.5, 0.6) is 0 Å². The van der Waals surface area contributed by atoms with Gasteiger partial charge in [-0.05, 0) is 50.8 Å². The van der Waals surface area contributed by atoms with Gasteiger partial charge in [0.05, 0.1) is 6.04 Å². The van der Waals surface area contributed by atoms with Crippen LogP contribution in [-0.4, -0.2) is 35.7 Å². The average Bonchev–Trinajstić information content (AvgIpc) is 2.85. The fourth-order valence-electron chi connectivity index (χ4n) is 3.00. The molecule has 3 N–H and O–H groups in total. The van der Waals surface area contributed by atoms with Gasteiger partial charge >= 0.3 is 0 Å². The van der Waals surface area contributed by atoms with Gasteiger partial charge in [-0.1, -0.05) is 6.92 Å². The molecule has 1 aliphatic heterocycles. The maximum atomic E-state index is 9.41. The van der Waals surface area contributed by atoms with E-state index in [9.17, 15) is 5.11 Å². The van der Waals surface area contributed by atoms with E-state index in [0.29, 0.717) is 18.6 Å². The molecule has 1 saturated heterocycles. The number of aliphatic hydroxyl groups is 1. The first-order valence-corrected chi connectivity index (χ1v) is 8.14. The summed E-state index contributed by atoms with van der Waals surface area (Å²) in [6, 6.07) is 4.90. The van der Waals surface area contributed by atoms with Crippen molar-refractivity contribution in [2.75, 3.05) is 19.7 Å². The summed E-state index contributed by atoms with van der Waals surface area (Å²) >= 11 is 1.86. The van der Waals surface area contributed by atoms with Crippen LogP contribution in [0.4, 0.5) is 0 Å². The van der Waals surface area contributed by atoms with Gasteiger partial charge < -0.3 is 10.8 Å². The van der Waals surface area contributed by atoms with Crippen molar-refractivity contribution in [3.05, 3.63) is 21.9 Å². The van der Waals surface area contributed by atoms with Gasteiger partial charge in [-0.2, -0.15) is 0 Å². The highest BCUT2D eigenvalue weighted by atomic mass is 32.1. The van der Waals surface area contributed by atoms with Crippen LogP contribution >= 0.6 is 11.3 Å². The van der Waals surface area contributed by atoms with Crippen molar-refractivity contribution >= 4 is 11.3 Å². The number of aliphatic hydroxyl groups excluding tert-OH is 1. The minimum atomic E-state index is 0.176. The van der Waals surface area contributed by atoms with E-state index in [4.69, 9.17) is 5.73 Å². The Morgan fingerprint density at radius 3 is 2.89 bits per heavy atom. The SMILES string of the molecule is CCC(N)C(c1ccc(C)s1)N1CCCC(CO)C1. The molecule has 4 heteroatoms. The Labute approximate surface area is 120 Å². The Morgan fingerprint density at radius 1 is 1.53 bits per heavy atom. The van der Waals surface area contributed by atoms with Crippen molar-refractivity contribution in [3.63, 3.8) is 0 Å². The first-order valence-electron chi connectivity index (χ1n) is 7.32. The molecule has 3 nitrogen and oxygen atoms in total. The van der Waals surface area contributed by atoms with E-state index in [-0.39, 0.29) is 6.04 Å². The monoisotopic (exact) mass is 282 g/mol. The molecule has 0 aromatic carbocycles. The Bertz CT molecular complexity index is 393. The molecular formula is C15H26N2OS. The van der Waals surface area contributed by atoms with Crippen molar-refractivity contribution < 1.29 is 5.11 Å². The van der Waals surface area contributed by atoms with Gasteiger partial charge in [0, 0.05) is 28.9 Å². The summed E-state index contributed by atoms with van der Waals surface area (Å²) in [4.78, 5) is 5.22. The first kappa shape index (κ1) is 15.0. The molecule has 108 valence electrons. The fourth-order valence-corrected chi connectivity index (χ4v) is 4.08. The lowest BCUT2D eigenvalue weighted by Crippen LogP contribution is -2.45. The third kappa shape index (κ3) is 3.57. The zero-order valence-electron chi connectivity index (χ0n) is 12.0. The summed E-state index contributed by atoms with van der Waals surface area (Å²) < 4.78 is 0. The number of aryl methyl sites for hydroxylation is 1.